The van der Waals surface area contributed by atoms with Crippen molar-refractivity contribution in [1.29, 1.82) is 0 Å². The molecule has 1 rings (SSSR count). The zero-order chi connectivity index (χ0) is 11.8. The summed E-state index contributed by atoms with van der Waals surface area (Å²) >= 11 is 5.33. The van der Waals surface area contributed by atoms with E-state index in [-0.39, 0.29) is 0 Å². The Balaban J connectivity index is 2.57. The number of rotatable bonds is 5. The fourth-order valence-electron chi connectivity index (χ4n) is 1.41. The van der Waals surface area contributed by atoms with Crippen LogP contribution in [0.2, 0.25) is 0 Å². The van der Waals surface area contributed by atoms with Crippen molar-refractivity contribution in [2.75, 3.05) is 31.7 Å². The molecule has 0 unspecified atom stereocenters. The number of para-hydroxylation sites is 1. The predicted octanol–water partition coefficient (Wildman–Crippen LogP) is 2.03. The summed E-state index contributed by atoms with van der Waals surface area (Å²) in [7, 11) is 1.68. The van der Waals surface area contributed by atoms with Crippen LogP contribution in [0.4, 0.5) is 5.69 Å². The molecular formula is C12H18N2OS. The monoisotopic (exact) mass is 238 g/mol. The lowest BCUT2D eigenvalue weighted by Crippen LogP contribution is -2.41. The van der Waals surface area contributed by atoms with Gasteiger partial charge in [-0.05, 0) is 31.3 Å². The number of anilines is 1. The van der Waals surface area contributed by atoms with Gasteiger partial charge in [0.05, 0.1) is 6.61 Å². The predicted molar refractivity (Wildman–Crippen MR) is 71.9 cm³/mol. The second-order valence-electron chi connectivity index (χ2n) is 3.30. The maximum atomic E-state index is 5.33. The van der Waals surface area contributed by atoms with Gasteiger partial charge in [0.15, 0.2) is 5.11 Å². The summed E-state index contributed by atoms with van der Waals surface area (Å²) in [6.07, 6.45) is 0. The Bertz CT molecular complexity index is 316. The summed E-state index contributed by atoms with van der Waals surface area (Å²) in [5, 5.41) is 3.91. The first-order chi connectivity index (χ1) is 7.79. The number of hydrogen-bond donors (Lipinski definition) is 1. The van der Waals surface area contributed by atoms with Crippen molar-refractivity contribution < 1.29 is 4.74 Å². The van der Waals surface area contributed by atoms with E-state index in [1.54, 1.807) is 7.11 Å². The summed E-state index contributed by atoms with van der Waals surface area (Å²) in [6.45, 7) is 4.32. The summed E-state index contributed by atoms with van der Waals surface area (Å²) < 4.78 is 4.97. The van der Waals surface area contributed by atoms with Gasteiger partial charge in [-0.15, -0.1) is 0 Å². The average molecular weight is 238 g/mol. The molecule has 0 fully saturated rings. The highest BCUT2D eigenvalue weighted by Crippen LogP contribution is 2.12. The summed E-state index contributed by atoms with van der Waals surface area (Å²) in [6, 6.07) is 10.1. The van der Waals surface area contributed by atoms with Crippen LogP contribution in [-0.4, -0.2) is 31.9 Å². The van der Waals surface area contributed by atoms with Crippen LogP contribution < -0.4 is 10.2 Å². The molecule has 0 saturated carbocycles. The van der Waals surface area contributed by atoms with E-state index in [4.69, 9.17) is 17.0 Å². The molecular weight excluding hydrogens is 220 g/mol. The fraction of sp³-hybridized carbons (Fsp3) is 0.417. The molecule has 0 aliphatic rings. The lowest BCUT2D eigenvalue weighted by molar-refractivity contribution is 0.204. The Morgan fingerprint density at radius 3 is 2.62 bits per heavy atom. The Morgan fingerprint density at radius 2 is 2.06 bits per heavy atom. The normalized spacial score (nSPS) is 9.88. The van der Waals surface area contributed by atoms with Crippen molar-refractivity contribution in [2.24, 2.45) is 0 Å². The van der Waals surface area contributed by atoms with Crippen LogP contribution in [-0.2, 0) is 4.74 Å². The second-order valence-corrected chi connectivity index (χ2v) is 3.69. The molecule has 0 spiro atoms. The summed E-state index contributed by atoms with van der Waals surface area (Å²) in [5.74, 6) is 0. The van der Waals surface area contributed by atoms with E-state index in [2.05, 4.69) is 17.1 Å². The number of methoxy groups -OCH3 is 1. The van der Waals surface area contributed by atoms with Crippen molar-refractivity contribution in [3.05, 3.63) is 30.3 Å². The highest BCUT2D eigenvalue weighted by molar-refractivity contribution is 7.80. The zero-order valence-corrected chi connectivity index (χ0v) is 10.6. The summed E-state index contributed by atoms with van der Waals surface area (Å²) in [5.41, 5.74) is 1.11. The van der Waals surface area contributed by atoms with Gasteiger partial charge in [-0.25, -0.2) is 0 Å². The Morgan fingerprint density at radius 1 is 1.38 bits per heavy atom. The number of nitrogens with zero attached hydrogens (tertiary/aromatic N) is 1. The lowest BCUT2D eigenvalue weighted by atomic mass is 10.3. The first kappa shape index (κ1) is 12.9. The Hall–Kier alpha value is -1.13. The molecule has 1 N–H and O–H groups in total. The van der Waals surface area contributed by atoms with E-state index >= 15 is 0 Å². The maximum absolute atomic E-state index is 5.33. The van der Waals surface area contributed by atoms with Gasteiger partial charge >= 0.3 is 0 Å². The van der Waals surface area contributed by atoms with E-state index in [1.165, 1.54) is 0 Å². The number of nitrogens with one attached hydrogen (secondary N) is 1. The molecule has 88 valence electrons. The highest BCUT2D eigenvalue weighted by Gasteiger charge is 2.08. The largest absolute Gasteiger partial charge is 0.383 e. The minimum Gasteiger partial charge on any atom is -0.383 e. The minimum atomic E-state index is 0.659. The van der Waals surface area contributed by atoms with Crippen LogP contribution in [0.3, 0.4) is 0 Å². The first-order valence-corrected chi connectivity index (χ1v) is 5.79. The number of hydrogen-bond acceptors (Lipinski definition) is 2. The third-order valence-electron chi connectivity index (χ3n) is 2.21. The molecule has 0 aromatic heterocycles. The second kappa shape index (κ2) is 7.19. The quantitative estimate of drug-likeness (QED) is 0.626. The molecule has 0 atom stereocenters. The molecule has 0 amide bonds. The Labute approximate surface area is 102 Å². The van der Waals surface area contributed by atoms with E-state index in [9.17, 15) is 0 Å². The first-order valence-electron chi connectivity index (χ1n) is 5.39. The molecule has 0 bridgehead atoms. The molecule has 0 heterocycles. The molecule has 0 aliphatic heterocycles. The third kappa shape index (κ3) is 3.79. The van der Waals surface area contributed by atoms with E-state index in [1.807, 2.05) is 30.3 Å². The van der Waals surface area contributed by atoms with Gasteiger partial charge < -0.3 is 15.0 Å². The molecule has 0 radical (unpaired) electrons. The minimum absolute atomic E-state index is 0.659. The van der Waals surface area contributed by atoms with Crippen LogP contribution in [0.15, 0.2) is 30.3 Å². The van der Waals surface area contributed by atoms with E-state index < -0.39 is 0 Å². The topological polar surface area (TPSA) is 24.5 Å². The summed E-state index contributed by atoms with van der Waals surface area (Å²) in [4.78, 5) is 2.06. The third-order valence-corrected chi connectivity index (χ3v) is 2.58. The van der Waals surface area contributed by atoms with Crippen molar-refractivity contribution >= 4 is 23.0 Å². The number of ether oxygens (including phenoxy) is 1. The van der Waals surface area contributed by atoms with Crippen LogP contribution in [0.1, 0.15) is 6.92 Å². The van der Waals surface area contributed by atoms with Gasteiger partial charge in [0, 0.05) is 25.9 Å². The van der Waals surface area contributed by atoms with Gasteiger partial charge in [0.1, 0.15) is 0 Å². The van der Waals surface area contributed by atoms with E-state index in [0.29, 0.717) is 6.61 Å². The van der Waals surface area contributed by atoms with Crippen molar-refractivity contribution in [3.8, 4) is 0 Å². The molecule has 1 aromatic rings. The standard InChI is InChI=1S/C12H18N2OS/c1-3-14(11-7-5-4-6-8-11)12(16)13-9-10-15-2/h4-8H,3,9-10H2,1-2H3,(H,13,16). The zero-order valence-electron chi connectivity index (χ0n) is 9.77. The smallest absolute Gasteiger partial charge is 0.173 e. The number of thiocarbonyl (C=S) groups is 1. The van der Waals surface area contributed by atoms with Gasteiger partial charge in [0.25, 0.3) is 0 Å². The van der Waals surface area contributed by atoms with Crippen molar-refractivity contribution in [3.63, 3.8) is 0 Å². The van der Waals surface area contributed by atoms with Crippen LogP contribution >= 0.6 is 12.2 Å². The SMILES string of the molecule is CCN(C(=S)NCCOC)c1ccccc1. The molecule has 1 aromatic carbocycles. The van der Waals surface area contributed by atoms with Crippen LogP contribution in [0, 0.1) is 0 Å². The van der Waals surface area contributed by atoms with E-state index in [0.717, 1.165) is 23.9 Å². The number of benzene rings is 1. The van der Waals surface area contributed by atoms with Gasteiger partial charge in [-0.2, -0.15) is 0 Å². The van der Waals surface area contributed by atoms with Crippen LogP contribution in [0.25, 0.3) is 0 Å². The van der Waals surface area contributed by atoms with Gasteiger partial charge in [-0.3, -0.25) is 0 Å². The maximum Gasteiger partial charge on any atom is 0.173 e. The molecule has 0 aliphatic carbocycles. The molecule has 4 heteroatoms. The van der Waals surface area contributed by atoms with Gasteiger partial charge in [-0.1, -0.05) is 18.2 Å². The molecule has 0 saturated heterocycles. The highest BCUT2D eigenvalue weighted by atomic mass is 32.1. The van der Waals surface area contributed by atoms with Gasteiger partial charge in [0.2, 0.25) is 0 Å². The molecule has 3 nitrogen and oxygen atoms in total. The Kier molecular flexibility index (Phi) is 5.82. The molecule has 16 heavy (non-hydrogen) atoms. The van der Waals surface area contributed by atoms with Crippen molar-refractivity contribution in [2.45, 2.75) is 6.92 Å². The lowest BCUT2D eigenvalue weighted by Gasteiger charge is -2.24. The van der Waals surface area contributed by atoms with Crippen LogP contribution in [0.5, 0.6) is 0 Å². The van der Waals surface area contributed by atoms with Crippen molar-refractivity contribution in [1.82, 2.24) is 5.32 Å². The fourth-order valence-corrected chi connectivity index (χ4v) is 1.74. The average Bonchev–Trinajstić information content (AvgIpc) is 2.32.